The normalized spacial score (nSPS) is 18.3. The lowest BCUT2D eigenvalue weighted by Gasteiger charge is -2.21. The molecule has 0 amide bonds. The number of ether oxygens (including phenoxy) is 2. The van der Waals surface area contributed by atoms with E-state index in [9.17, 15) is 0 Å². The van der Waals surface area contributed by atoms with Crippen LogP contribution in [0.2, 0.25) is 0 Å². The first kappa shape index (κ1) is 22.9. The van der Waals surface area contributed by atoms with Gasteiger partial charge >= 0.3 is 0 Å². The second kappa shape index (κ2) is 12.6. The fourth-order valence-electron chi connectivity index (χ4n) is 4.32. The molecule has 0 bridgehead atoms. The van der Waals surface area contributed by atoms with Crippen LogP contribution >= 0.6 is 22.7 Å². The van der Waals surface area contributed by atoms with Gasteiger partial charge < -0.3 is 14.8 Å². The largest absolute Gasteiger partial charge is 0.466 e. The third-order valence-electron chi connectivity index (χ3n) is 6.11. The number of nitrogens with zero attached hydrogens (tertiary/aromatic N) is 4. The fraction of sp³-hybridized carbons (Fsp3) is 0.818. The Morgan fingerprint density at radius 3 is 2.10 bits per heavy atom. The molecule has 2 heterocycles. The molecular weight excluding hydrogens is 430 g/mol. The van der Waals surface area contributed by atoms with Crippen LogP contribution in [-0.4, -0.2) is 39.3 Å². The molecule has 1 N–H and O–H groups in total. The van der Waals surface area contributed by atoms with Crippen molar-refractivity contribution in [1.29, 1.82) is 0 Å². The summed E-state index contributed by atoms with van der Waals surface area (Å²) < 4.78 is 11.9. The number of anilines is 1. The second-order valence-electron chi connectivity index (χ2n) is 8.65. The van der Waals surface area contributed by atoms with E-state index in [4.69, 9.17) is 9.47 Å². The van der Waals surface area contributed by atoms with Crippen molar-refractivity contribution in [3.8, 4) is 5.19 Å². The Morgan fingerprint density at radius 2 is 1.35 bits per heavy atom. The molecule has 2 aliphatic rings. The Labute approximate surface area is 193 Å². The minimum Gasteiger partial charge on any atom is -0.466 e. The first-order valence-corrected chi connectivity index (χ1v) is 13.7. The highest BCUT2D eigenvalue weighted by atomic mass is 32.1. The van der Waals surface area contributed by atoms with Gasteiger partial charge in [0, 0.05) is 12.8 Å². The highest BCUT2D eigenvalue weighted by Crippen LogP contribution is 2.26. The molecule has 4 rings (SSSR count). The Balaban J connectivity index is 1.06. The number of nitrogens with one attached hydrogen (secondary N) is 1. The summed E-state index contributed by atoms with van der Waals surface area (Å²) in [5, 5.41) is 24.2. The molecular formula is C22H35N5O2S2. The van der Waals surface area contributed by atoms with Gasteiger partial charge in [-0.2, -0.15) is 0 Å². The van der Waals surface area contributed by atoms with Gasteiger partial charge in [0.05, 0.1) is 6.10 Å². The van der Waals surface area contributed by atoms with E-state index < -0.39 is 0 Å². The molecule has 2 saturated carbocycles. The van der Waals surface area contributed by atoms with E-state index in [-0.39, 0.29) is 0 Å². The molecule has 2 aromatic heterocycles. The zero-order chi connectivity index (χ0) is 21.1. The van der Waals surface area contributed by atoms with Crippen molar-refractivity contribution in [3.05, 3.63) is 10.0 Å². The van der Waals surface area contributed by atoms with Crippen molar-refractivity contribution in [1.82, 2.24) is 20.4 Å². The zero-order valence-corrected chi connectivity index (χ0v) is 20.0. The van der Waals surface area contributed by atoms with Crippen LogP contribution in [0.3, 0.4) is 0 Å². The van der Waals surface area contributed by atoms with Gasteiger partial charge in [0.25, 0.3) is 5.19 Å². The summed E-state index contributed by atoms with van der Waals surface area (Å²) in [6, 6.07) is 0. The molecule has 172 valence electrons. The molecule has 2 fully saturated rings. The minimum atomic E-state index is 0.347. The van der Waals surface area contributed by atoms with E-state index in [1.807, 2.05) is 0 Å². The van der Waals surface area contributed by atoms with Crippen molar-refractivity contribution >= 4 is 27.8 Å². The van der Waals surface area contributed by atoms with Crippen LogP contribution in [0.1, 0.15) is 93.5 Å². The summed E-state index contributed by atoms with van der Waals surface area (Å²) >= 11 is 3.26. The first-order chi connectivity index (χ1) is 15.3. The summed E-state index contributed by atoms with van der Waals surface area (Å²) in [7, 11) is 0. The fourth-order valence-corrected chi connectivity index (χ4v) is 5.88. The number of rotatable bonds is 12. The van der Waals surface area contributed by atoms with Crippen LogP contribution in [-0.2, 0) is 17.6 Å². The van der Waals surface area contributed by atoms with Gasteiger partial charge in [-0.15, -0.1) is 20.4 Å². The van der Waals surface area contributed by atoms with Gasteiger partial charge in [-0.05, 0) is 51.4 Å². The quantitative estimate of drug-likeness (QED) is 0.314. The third kappa shape index (κ3) is 7.95. The van der Waals surface area contributed by atoms with Gasteiger partial charge in [0.15, 0.2) is 0 Å². The number of aryl methyl sites for hydroxylation is 2. The van der Waals surface area contributed by atoms with Crippen molar-refractivity contribution in [2.24, 2.45) is 0 Å². The maximum Gasteiger partial charge on any atom is 0.294 e. The van der Waals surface area contributed by atoms with Crippen molar-refractivity contribution in [2.75, 3.05) is 12.0 Å². The molecule has 2 aromatic rings. The average Bonchev–Trinajstić information content (AvgIpc) is 3.44. The maximum absolute atomic E-state index is 6.00. The second-order valence-corrected chi connectivity index (χ2v) is 10.7. The predicted octanol–water partition coefficient (Wildman–Crippen LogP) is 5.78. The summed E-state index contributed by atoms with van der Waals surface area (Å²) in [5.74, 6) is 0. The zero-order valence-electron chi connectivity index (χ0n) is 18.4. The SMILES string of the molecule is C(CCc1nnc(NCOC2CCCCC2)s1)CCc1nnc(OC2CCCCC2)s1. The Hall–Kier alpha value is -1.32. The number of hydrogen-bond acceptors (Lipinski definition) is 9. The van der Waals surface area contributed by atoms with Gasteiger partial charge in [-0.3, -0.25) is 0 Å². The van der Waals surface area contributed by atoms with Crippen LogP contribution in [0.4, 0.5) is 5.13 Å². The summed E-state index contributed by atoms with van der Waals surface area (Å²) in [4.78, 5) is 0. The molecule has 0 unspecified atom stereocenters. The molecule has 0 radical (unpaired) electrons. The van der Waals surface area contributed by atoms with Crippen LogP contribution in [0.5, 0.6) is 5.19 Å². The lowest BCUT2D eigenvalue weighted by atomic mass is 9.98. The van der Waals surface area contributed by atoms with Crippen molar-refractivity contribution in [2.45, 2.75) is 109 Å². The molecule has 7 nitrogen and oxygen atoms in total. The topological polar surface area (TPSA) is 82.1 Å². The van der Waals surface area contributed by atoms with E-state index in [1.54, 1.807) is 22.7 Å². The summed E-state index contributed by atoms with van der Waals surface area (Å²) in [5.41, 5.74) is 0. The van der Waals surface area contributed by atoms with Crippen LogP contribution in [0, 0.1) is 0 Å². The molecule has 2 aliphatic carbocycles. The minimum absolute atomic E-state index is 0.347. The Morgan fingerprint density at radius 1 is 0.710 bits per heavy atom. The molecule has 31 heavy (non-hydrogen) atoms. The lowest BCUT2D eigenvalue weighted by molar-refractivity contribution is 0.0400. The summed E-state index contributed by atoms with van der Waals surface area (Å²) in [6.45, 7) is 0.535. The van der Waals surface area contributed by atoms with Crippen LogP contribution in [0.15, 0.2) is 0 Å². The van der Waals surface area contributed by atoms with E-state index in [0.717, 1.165) is 65.3 Å². The predicted molar refractivity (Wildman–Crippen MR) is 125 cm³/mol. The highest BCUT2D eigenvalue weighted by Gasteiger charge is 2.17. The standard InChI is InChI=1S/C22H35N5O2S2/c1-4-10-17(11-5-1)28-16-23-21-26-24-19(30-21)14-8-3-9-15-20-25-27-22(31-20)29-18-12-6-2-7-13-18/h17-18H,1-16H2,(H,23,26). The number of hydrogen-bond donors (Lipinski definition) is 1. The molecule has 9 heteroatoms. The molecule has 0 atom stereocenters. The highest BCUT2D eigenvalue weighted by molar-refractivity contribution is 7.15. The first-order valence-electron chi connectivity index (χ1n) is 12.0. The molecule has 0 saturated heterocycles. The van der Waals surface area contributed by atoms with Gasteiger partial charge in [-0.1, -0.05) is 54.8 Å². The van der Waals surface area contributed by atoms with Crippen LogP contribution < -0.4 is 10.1 Å². The Bertz CT molecular complexity index is 757. The van der Waals surface area contributed by atoms with E-state index in [0.29, 0.717) is 18.9 Å². The molecule has 0 aliphatic heterocycles. The van der Waals surface area contributed by atoms with E-state index in [1.165, 1.54) is 51.4 Å². The maximum atomic E-state index is 6.00. The van der Waals surface area contributed by atoms with Gasteiger partial charge in [-0.25, -0.2) is 0 Å². The van der Waals surface area contributed by atoms with Crippen molar-refractivity contribution in [3.63, 3.8) is 0 Å². The van der Waals surface area contributed by atoms with Gasteiger partial charge in [0.1, 0.15) is 22.9 Å². The molecule has 0 spiro atoms. The van der Waals surface area contributed by atoms with Gasteiger partial charge in [0.2, 0.25) is 5.13 Å². The number of aromatic nitrogens is 4. The molecule has 0 aromatic carbocycles. The Kier molecular flexibility index (Phi) is 9.33. The third-order valence-corrected chi connectivity index (χ3v) is 7.93. The van der Waals surface area contributed by atoms with Crippen LogP contribution in [0.25, 0.3) is 0 Å². The lowest BCUT2D eigenvalue weighted by Crippen LogP contribution is -2.20. The van der Waals surface area contributed by atoms with E-state index >= 15 is 0 Å². The number of unbranched alkanes of at least 4 members (excludes halogenated alkanes) is 2. The van der Waals surface area contributed by atoms with E-state index in [2.05, 4.69) is 25.7 Å². The monoisotopic (exact) mass is 465 g/mol. The van der Waals surface area contributed by atoms with Crippen molar-refractivity contribution < 1.29 is 9.47 Å². The average molecular weight is 466 g/mol. The summed E-state index contributed by atoms with van der Waals surface area (Å²) in [6.07, 6.45) is 18.6. The smallest absolute Gasteiger partial charge is 0.294 e.